The molecule has 114 valence electrons. The Morgan fingerprint density at radius 1 is 1.00 bits per heavy atom. The van der Waals surface area contributed by atoms with Crippen molar-refractivity contribution in [2.24, 2.45) is 0 Å². The summed E-state index contributed by atoms with van der Waals surface area (Å²) in [6.07, 6.45) is 2.98. The highest BCUT2D eigenvalue weighted by Gasteiger charge is 2.18. The van der Waals surface area contributed by atoms with Gasteiger partial charge in [0.15, 0.2) is 0 Å². The van der Waals surface area contributed by atoms with Gasteiger partial charge < -0.3 is 4.55 Å². The highest BCUT2D eigenvalue weighted by Crippen LogP contribution is 2.39. The van der Waals surface area contributed by atoms with Crippen LogP contribution in [0.4, 0.5) is 4.39 Å². The van der Waals surface area contributed by atoms with Gasteiger partial charge in [-0.25, -0.2) is 4.39 Å². The zero-order valence-electron chi connectivity index (χ0n) is 12.0. The first kappa shape index (κ1) is 15.1. The minimum Gasteiger partial charge on any atom is -0.772 e. The van der Waals surface area contributed by atoms with E-state index in [1.165, 1.54) is 22.8 Å². The average molecular weight is 315 g/mol. The third-order valence-corrected chi connectivity index (χ3v) is 4.56. The van der Waals surface area contributed by atoms with Gasteiger partial charge in [0.05, 0.1) is 0 Å². The Bertz CT molecular complexity index is 738. The molecule has 1 aliphatic rings. The second kappa shape index (κ2) is 6.55. The first-order chi connectivity index (χ1) is 10.6. The van der Waals surface area contributed by atoms with E-state index in [0.717, 1.165) is 24.8 Å². The van der Waals surface area contributed by atoms with Crippen molar-refractivity contribution in [3.05, 3.63) is 71.0 Å². The molecule has 0 amide bonds. The van der Waals surface area contributed by atoms with Crippen molar-refractivity contribution >= 4 is 22.2 Å². The van der Waals surface area contributed by atoms with Crippen LogP contribution in [0.15, 0.2) is 48.5 Å². The first-order valence-corrected chi connectivity index (χ1v) is 8.51. The van der Waals surface area contributed by atoms with Crippen LogP contribution in [-0.2, 0) is 16.8 Å². The number of allylic oxidation sites excluding steroid dienone is 2. The molecule has 0 saturated heterocycles. The Hall–Kier alpha value is -1.78. The summed E-state index contributed by atoms with van der Waals surface area (Å²) in [6.45, 7) is 0. The van der Waals surface area contributed by atoms with Gasteiger partial charge in [0.25, 0.3) is 0 Å². The van der Waals surface area contributed by atoms with Crippen LogP contribution in [0, 0.1) is 5.82 Å². The molecule has 0 saturated carbocycles. The molecular formula is C18H16FO2S-. The maximum absolute atomic E-state index is 14.1. The smallest absolute Gasteiger partial charge is 0.127 e. The van der Waals surface area contributed by atoms with E-state index < -0.39 is 16.9 Å². The Kier molecular flexibility index (Phi) is 4.50. The van der Waals surface area contributed by atoms with Crippen molar-refractivity contribution in [2.45, 2.75) is 25.0 Å². The predicted octanol–water partition coefficient (Wildman–Crippen LogP) is 4.30. The lowest BCUT2D eigenvalue weighted by Crippen LogP contribution is -1.98. The van der Waals surface area contributed by atoms with Crippen molar-refractivity contribution in [2.75, 3.05) is 0 Å². The fraction of sp³-hybridized carbons (Fsp3) is 0.222. The first-order valence-electron chi connectivity index (χ1n) is 7.27. The molecule has 1 unspecified atom stereocenters. The third kappa shape index (κ3) is 3.18. The van der Waals surface area contributed by atoms with Crippen molar-refractivity contribution in [3.8, 4) is 0 Å². The van der Waals surface area contributed by atoms with Crippen molar-refractivity contribution in [1.82, 2.24) is 0 Å². The SMILES string of the molecule is O=S([O-])Cc1ccc(C2=C(c3ccccc3)CCC2)cc1F. The molecule has 0 bridgehead atoms. The Morgan fingerprint density at radius 3 is 2.32 bits per heavy atom. The lowest BCUT2D eigenvalue weighted by Gasteiger charge is -2.11. The summed E-state index contributed by atoms with van der Waals surface area (Å²) >= 11 is -2.27. The topological polar surface area (TPSA) is 40.1 Å². The normalized spacial score (nSPS) is 16.1. The number of benzene rings is 2. The van der Waals surface area contributed by atoms with Gasteiger partial charge in [0.2, 0.25) is 0 Å². The van der Waals surface area contributed by atoms with E-state index in [-0.39, 0.29) is 11.3 Å². The van der Waals surface area contributed by atoms with Gasteiger partial charge in [0, 0.05) is 5.75 Å². The van der Waals surface area contributed by atoms with Crippen LogP contribution in [0.2, 0.25) is 0 Å². The Morgan fingerprint density at radius 2 is 1.68 bits per heavy atom. The molecule has 2 aromatic rings. The maximum Gasteiger partial charge on any atom is 0.127 e. The number of halogens is 1. The van der Waals surface area contributed by atoms with Gasteiger partial charge in [-0.3, -0.25) is 4.21 Å². The average Bonchev–Trinajstić information content (AvgIpc) is 2.99. The second-order valence-corrected chi connectivity index (χ2v) is 6.33. The van der Waals surface area contributed by atoms with E-state index in [2.05, 4.69) is 12.1 Å². The number of rotatable bonds is 4. The molecule has 0 fully saturated rings. The molecule has 0 radical (unpaired) electrons. The third-order valence-electron chi connectivity index (χ3n) is 4.01. The van der Waals surface area contributed by atoms with Crippen molar-refractivity contribution in [3.63, 3.8) is 0 Å². The maximum atomic E-state index is 14.1. The van der Waals surface area contributed by atoms with Gasteiger partial charge in [-0.05, 0) is 53.2 Å². The number of hydrogen-bond donors (Lipinski definition) is 0. The fourth-order valence-electron chi connectivity index (χ4n) is 3.00. The summed E-state index contributed by atoms with van der Waals surface area (Å²) < 4.78 is 35.5. The van der Waals surface area contributed by atoms with Gasteiger partial charge >= 0.3 is 0 Å². The lowest BCUT2D eigenvalue weighted by atomic mass is 9.96. The van der Waals surface area contributed by atoms with Gasteiger partial charge in [-0.1, -0.05) is 53.5 Å². The molecule has 4 heteroatoms. The van der Waals surface area contributed by atoms with E-state index in [4.69, 9.17) is 0 Å². The van der Waals surface area contributed by atoms with E-state index in [9.17, 15) is 13.2 Å². The van der Waals surface area contributed by atoms with Crippen LogP contribution in [0.5, 0.6) is 0 Å². The summed E-state index contributed by atoms with van der Waals surface area (Å²) in [4.78, 5) is 0. The predicted molar refractivity (Wildman–Crippen MR) is 86.1 cm³/mol. The molecule has 0 N–H and O–H groups in total. The molecule has 0 heterocycles. The van der Waals surface area contributed by atoms with Crippen LogP contribution in [0.1, 0.15) is 36.0 Å². The van der Waals surface area contributed by atoms with E-state index >= 15 is 0 Å². The van der Waals surface area contributed by atoms with Gasteiger partial charge in [-0.2, -0.15) is 0 Å². The largest absolute Gasteiger partial charge is 0.772 e. The fourth-order valence-corrected chi connectivity index (χ4v) is 3.49. The summed E-state index contributed by atoms with van der Waals surface area (Å²) in [5, 5.41) is 0. The van der Waals surface area contributed by atoms with Gasteiger partial charge in [-0.15, -0.1) is 0 Å². The van der Waals surface area contributed by atoms with Crippen molar-refractivity contribution < 1.29 is 13.2 Å². The number of hydrogen-bond acceptors (Lipinski definition) is 2. The highest BCUT2D eigenvalue weighted by molar-refractivity contribution is 7.78. The molecule has 0 aliphatic heterocycles. The summed E-state index contributed by atoms with van der Waals surface area (Å²) in [5.41, 5.74) is 4.69. The summed E-state index contributed by atoms with van der Waals surface area (Å²) in [6, 6.07) is 15.0. The van der Waals surface area contributed by atoms with E-state index in [1.54, 1.807) is 6.07 Å². The molecule has 1 atom stereocenters. The van der Waals surface area contributed by atoms with Crippen LogP contribution >= 0.6 is 0 Å². The Labute approximate surface area is 132 Å². The van der Waals surface area contributed by atoms with Crippen LogP contribution in [0.3, 0.4) is 0 Å². The highest BCUT2D eigenvalue weighted by atomic mass is 32.2. The molecule has 0 aromatic heterocycles. The minimum absolute atomic E-state index is 0.219. The molecule has 2 aromatic carbocycles. The quantitative estimate of drug-likeness (QED) is 0.789. The molecule has 0 spiro atoms. The monoisotopic (exact) mass is 315 g/mol. The standard InChI is InChI=1S/C18H17FO2S/c19-18-11-14(9-10-15(18)12-22(20)21)17-8-4-7-16(17)13-5-2-1-3-6-13/h1-3,5-6,9-11H,4,7-8,12H2,(H,20,21)/p-1. The lowest BCUT2D eigenvalue weighted by molar-refractivity contribution is 0.533. The zero-order valence-corrected chi connectivity index (χ0v) is 12.9. The summed E-state index contributed by atoms with van der Waals surface area (Å²) in [5.74, 6) is -0.732. The van der Waals surface area contributed by atoms with Crippen molar-refractivity contribution in [1.29, 1.82) is 0 Å². The molecule has 22 heavy (non-hydrogen) atoms. The van der Waals surface area contributed by atoms with Crippen LogP contribution in [-0.4, -0.2) is 8.76 Å². The zero-order chi connectivity index (χ0) is 15.5. The second-order valence-electron chi connectivity index (χ2n) is 5.43. The van der Waals surface area contributed by atoms with Crippen LogP contribution < -0.4 is 0 Å². The molecule has 2 nitrogen and oxygen atoms in total. The minimum atomic E-state index is -2.27. The molecule has 3 rings (SSSR count). The molecule has 1 aliphatic carbocycles. The summed E-state index contributed by atoms with van der Waals surface area (Å²) in [7, 11) is 0. The molecular weight excluding hydrogens is 299 g/mol. The van der Waals surface area contributed by atoms with Crippen LogP contribution in [0.25, 0.3) is 11.1 Å². The van der Waals surface area contributed by atoms with E-state index in [1.807, 2.05) is 24.3 Å². The Balaban J connectivity index is 1.99. The van der Waals surface area contributed by atoms with Gasteiger partial charge in [0.1, 0.15) is 5.82 Å². The van der Waals surface area contributed by atoms with E-state index in [0.29, 0.717) is 0 Å².